The number of fused-ring (bicyclic) bond motifs is 1. The largest absolute Gasteiger partial charge is 0.493 e. The second-order valence-electron chi connectivity index (χ2n) is 9.44. The third-order valence-electron chi connectivity index (χ3n) is 5.88. The van der Waals surface area contributed by atoms with E-state index < -0.39 is 0 Å². The second-order valence-corrected chi connectivity index (χ2v) is 9.44. The van der Waals surface area contributed by atoms with Gasteiger partial charge in [0.25, 0.3) is 0 Å². The molecule has 3 N–H and O–H groups in total. The molecule has 0 amide bonds. The van der Waals surface area contributed by atoms with E-state index in [1.165, 1.54) is 0 Å². The Labute approximate surface area is 196 Å². The van der Waals surface area contributed by atoms with Crippen molar-refractivity contribution >= 4 is 11.6 Å². The number of nitrogens with two attached hydrogens (primary N) is 1. The van der Waals surface area contributed by atoms with E-state index in [-0.39, 0.29) is 17.7 Å². The molecular formula is C26H36N4O3. The number of unbranched alkanes of at least 4 members (excludes halogenated alkanes) is 1. The Kier molecular flexibility index (Phi) is 7.74. The van der Waals surface area contributed by atoms with Crippen LogP contribution in [0, 0.1) is 5.41 Å². The van der Waals surface area contributed by atoms with Gasteiger partial charge in [-0.15, -0.1) is 0 Å². The highest BCUT2D eigenvalue weighted by atomic mass is 16.5. The van der Waals surface area contributed by atoms with E-state index in [0.717, 1.165) is 36.1 Å². The molecule has 0 radical (unpaired) electrons. The lowest BCUT2D eigenvalue weighted by atomic mass is 9.84. The zero-order valence-corrected chi connectivity index (χ0v) is 20.5. The van der Waals surface area contributed by atoms with Crippen molar-refractivity contribution < 1.29 is 14.3 Å². The van der Waals surface area contributed by atoms with Crippen LogP contribution in [0.1, 0.15) is 73.4 Å². The number of nitrogens with one attached hydrogen (secondary N) is 1. The number of hydrogen-bond donors (Lipinski definition) is 2. The summed E-state index contributed by atoms with van der Waals surface area (Å²) in [5.74, 6) is 1.46. The first kappa shape index (κ1) is 24.7. The van der Waals surface area contributed by atoms with Crippen molar-refractivity contribution in [3.05, 3.63) is 52.3 Å². The molecule has 0 fully saturated rings. The molecule has 33 heavy (non-hydrogen) atoms. The molecule has 0 unspecified atom stereocenters. The summed E-state index contributed by atoms with van der Waals surface area (Å²) >= 11 is 0. The van der Waals surface area contributed by atoms with Crippen LogP contribution >= 0.6 is 0 Å². The monoisotopic (exact) mass is 452 g/mol. The van der Waals surface area contributed by atoms with E-state index in [0.29, 0.717) is 48.3 Å². The third-order valence-corrected chi connectivity index (χ3v) is 5.88. The van der Waals surface area contributed by atoms with Crippen molar-refractivity contribution in [3.8, 4) is 11.5 Å². The maximum absolute atomic E-state index is 13.4. The van der Waals surface area contributed by atoms with Gasteiger partial charge in [-0.1, -0.05) is 33.8 Å². The van der Waals surface area contributed by atoms with Crippen molar-refractivity contribution in [2.75, 3.05) is 26.8 Å². The highest BCUT2D eigenvalue weighted by molar-refractivity contribution is 6.04. The number of rotatable bonds is 10. The third kappa shape index (κ3) is 5.53. The molecule has 0 saturated heterocycles. The first-order chi connectivity index (χ1) is 15.7. The smallest absolute Gasteiger partial charge is 0.182 e. The van der Waals surface area contributed by atoms with Gasteiger partial charge in [-0.25, -0.2) is 4.98 Å². The molecule has 1 aliphatic heterocycles. The minimum Gasteiger partial charge on any atom is -0.493 e. The molecule has 0 bridgehead atoms. The molecule has 7 heteroatoms. The first-order valence-electron chi connectivity index (χ1n) is 11.6. The summed E-state index contributed by atoms with van der Waals surface area (Å²) in [5, 5.41) is 8.55. The predicted molar refractivity (Wildman–Crippen MR) is 131 cm³/mol. The molecule has 2 aromatic rings. The van der Waals surface area contributed by atoms with Crippen LogP contribution in [0.25, 0.3) is 0 Å². The number of nitrogens with zero attached hydrogens (tertiary/aromatic N) is 2. The van der Waals surface area contributed by atoms with E-state index in [1.807, 2.05) is 25.1 Å². The molecule has 2 heterocycles. The number of hydrogen-bond acceptors (Lipinski definition) is 6. The quantitative estimate of drug-likeness (QED) is 0.416. The van der Waals surface area contributed by atoms with Gasteiger partial charge in [-0.05, 0) is 49.4 Å². The Morgan fingerprint density at radius 1 is 1.24 bits per heavy atom. The highest BCUT2D eigenvalue weighted by Crippen LogP contribution is 2.40. The Balaban J connectivity index is 1.86. The molecular weight excluding hydrogens is 416 g/mol. The summed E-state index contributed by atoms with van der Waals surface area (Å²) in [4.78, 5) is 19.7. The van der Waals surface area contributed by atoms with Gasteiger partial charge in [-0.3, -0.25) is 10.2 Å². The van der Waals surface area contributed by atoms with Crippen molar-refractivity contribution in [1.82, 2.24) is 9.88 Å². The molecule has 7 nitrogen and oxygen atoms in total. The van der Waals surface area contributed by atoms with Crippen LogP contribution in [-0.2, 0) is 18.4 Å². The topological polar surface area (TPSA) is 102 Å². The number of aromatic nitrogens is 1. The molecule has 0 atom stereocenters. The van der Waals surface area contributed by atoms with Gasteiger partial charge >= 0.3 is 0 Å². The van der Waals surface area contributed by atoms with E-state index in [9.17, 15) is 4.79 Å². The Hall–Kier alpha value is -2.93. The van der Waals surface area contributed by atoms with Gasteiger partial charge in [0.2, 0.25) is 0 Å². The number of ketones is 1. The summed E-state index contributed by atoms with van der Waals surface area (Å²) in [7, 11) is 1.62. The molecule has 1 aromatic heterocycles. The van der Waals surface area contributed by atoms with Crippen LogP contribution in [0.15, 0.2) is 24.3 Å². The maximum Gasteiger partial charge on any atom is 0.182 e. The number of aryl methyl sites for hydroxylation is 1. The minimum atomic E-state index is -0.242. The van der Waals surface area contributed by atoms with E-state index in [4.69, 9.17) is 20.6 Å². The summed E-state index contributed by atoms with van der Waals surface area (Å²) in [6.07, 6.45) is 2.52. The van der Waals surface area contributed by atoms with Crippen LogP contribution in [0.5, 0.6) is 11.5 Å². The lowest BCUT2D eigenvalue weighted by molar-refractivity contribution is 0.0962. The predicted octanol–water partition coefficient (Wildman–Crippen LogP) is 4.09. The number of carbonyl (C=O) groups is 1. The van der Waals surface area contributed by atoms with Crippen molar-refractivity contribution in [2.45, 2.75) is 58.9 Å². The summed E-state index contributed by atoms with van der Waals surface area (Å²) in [6.45, 7) is 10.0. The van der Waals surface area contributed by atoms with Gasteiger partial charge < -0.3 is 20.1 Å². The van der Waals surface area contributed by atoms with Crippen LogP contribution in [0.2, 0.25) is 0 Å². The normalized spacial score (nSPS) is 13.3. The second kappa shape index (κ2) is 10.3. The number of amidine groups is 1. The van der Waals surface area contributed by atoms with E-state index >= 15 is 0 Å². The SMILES string of the molecule is CCc1ccc2c(n1)C(=N)N(CC(=O)c1cc(OCCCCN)c(OC)c(C(C)(C)C)c1)C2. The van der Waals surface area contributed by atoms with Crippen molar-refractivity contribution in [3.63, 3.8) is 0 Å². The lowest BCUT2D eigenvalue weighted by Gasteiger charge is -2.25. The van der Waals surface area contributed by atoms with Crippen molar-refractivity contribution in [2.24, 2.45) is 5.73 Å². The zero-order valence-electron chi connectivity index (χ0n) is 20.5. The summed E-state index contributed by atoms with van der Waals surface area (Å²) in [5.41, 5.74) is 9.44. The summed E-state index contributed by atoms with van der Waals surface area (Å²) < 4.78 is 11.7. The average molecular weight is 453 g/mol. The fourth-order valence-corrected chi connectivity index (χ4v) is 3.96. The van der Waals surface area contributed by atoms with Crippen LogP contribution < -0.4 is 15.2 Å². The van der Waals surface area contributed by atoms with Crippen LogP contribution in [0.4, 0.5) is 0 Å². The van der Waals surface area contributed by atoms with Crippen LogP contribution in [0.3, 0.4) is 0 Å². The number of carbonyl (C=O) groups excluding carboxylic acids is 1. The highest BCUT2D eigenvalue weighted by Gasteiger charge is 2.29. The number of benzene rings is 1. The molecule has 0 spiro atoms. The Morgan fingerprint density at radius 3 is 2.64 bits per heavy atom. The standard InChI is InChI=1S/C26H36N4O3/c1-6-19-10-9-17-15-30(25(28)23(17)29-19)16-21(31)18-13-20(26(2,3)4)24(32-5)22(14-18)33-12-8-7-11-27/h9-10,13-14,28H,6-8,11-12,15-16,27H2,1-5H3. The number of pyridine rings is 1. The summed E-state index contributed by atoms with van der Waals surface area (Å²) in [6, 6.07) is 7.66. The zero-order chi connectivity index (χ0) is 24.2. The minimum absolute atomic E-state index is 0.0665. The molecule has 178 valence electrons. The average Bonchev–Trinajstić information content (AvgIpc) is 3.09. The van der Waals surface area contributed by atoms with Gasteiger partial charge in [0.05, 0.1) is 20.3 Å². The van der Waals surface area contributed by atoms with Gasteiger partial charge in [0, 0.05) is 28.9 Å². The maximum atomic E-state index is 13.4. The fourth-order valence-electron chi connectivity index (χ4n) is 3.96. The van der Waals surface area contributed by atoms with E-state index in [2.05, 4.69) is 25.8 Å². The molecule has 1 aliphatic rings. The number of Topliss-reactive ketones (excluding diaryl/α,β-unsaturated/α-hetero) is 1. The number of ether oxygens (including phenoxy) is 2. The molecule has 1 aromatic carbocycles. The number of methoxy groups -OCH3 is 1. The Morgan fingerprint density at radius 2 is 2.00 bits per heavy atom. The first-order valence-corrected chi connectivity index (χ1v) is 11.6. The molecule has 3 rings (SSSR count). The van der Waals surface area contributed by atoms with Gasteiger partial charge in [0.1, 0.15) is 11.5 Å². The van der Waals surface area contributed by atoms with Gasteiger partial charge in [0.15, 0.2) is 17.3 Å². The lowest BCUT2D eigenvalue weighted by Crippen LogP contribution is -2.30. The molecule has 0 saturated carbocycles. The van der Waals surface area contributed by atoms with Crippen LogP contribution in [-0.4, -0.2) is 48.3 Å². The Bertz CT molecular complexity index is 1030. The van der Waals surface area contributed by atoms with E-state index in [1.54, 1.807) is 18.1 Å². The van der Waals surface area contributed by atoms with Crippen molar-refractivity contribution in [1.29, 1.82) is 5.41 Å². The molecule has 0 aliphatic carbocycles. The fraction of sp³-hybridized carbons (Fsp3) is 0.500. The van der Waals surface area contributed by atoms with Gasteiger partial charge in [-0.2, -0.15) is 0 Å².